The first-order valence-corrected chi connectivity index (χ1v) is 10.9. The van der Waals surface area contributed by atoms with Crippen LogP contribution in [0.5, 0.6) is 0 Å². The van der Waals surface area contributed by atoms with Crippen molar-refractivity contribution in [2.45, 2.75) is 56.5 Å². The van der Waals surface area contributed by atoms with Gasteiger partial charge in [0.25, 0.3) is 0 Å². The molecule has 1 N–H and O–H groups in total. The van der Waals surface area contributed by atoms with E-state index in [2.05, 4.69) is 5.32 Å². The molecule has 3 rings (SSSR count). The van der Waals surface area contributed by atoms with Crippen LogP contribution in [0.3, 0.4) is 0 Å². The van der Waals surface area contributed by atoms with Gasteiger partial charge < -0.3 is 5.32 Å². The summed E-state index contributed by atoms with van der Waals surface area (Å²) in [6, 6.07) is 12.2. The van der Waals surface area contributed by atoms with E-state index in [4.69, 9.17) is 0 Å². The minimum Gasteiger partial charge on any atom is -0.326 e. The zero-order chi connectivity index (χ0) is 20.3. The number of amides is 1. The second-order valence-electron chi connectivity index (χ2n) is 7.30. The van der Waals surface area contributed by atoms with Crippen molar-refractivity contribution >= 4 is 21.6 Å². The van der Waals surface area contributed by atoms with E-state index in [0.29, 0.717) is 11.3 Å². The number of benzene rings is 2. The zero-order valence-electron chi connectivity index (χ0n) is 16.1. The number of carbonyl (C=O) groups excluding carboxylic acids is 1. The molecule has 0 aliphatic carbocycles. The summed E-state index contributed by atoms with van der Waals surface area (Å²) in [4.78, 5) is 12.4. The lowest BCUT2D eigenvalue weighted by molar-refractivity contribution is -0.115. The Morgan fingerprint density at radius 1 is 1.07 bits per heavy atom. The van der Waals surface area contributed by atoms with E-state index in [0.717, 1.165) is 19.3 Å². The van der Waals surface area contributed by atoms with Gasteiger partial charge in [0.05, 0.1) is 11.3 Å². The number of hydrogen-bond acceptors (Lipinski definition) is 3. The van der Waals surface area contributed by atoms with Crippen molar-refractivity contribution in [3.63, 3.8) is 0 Å². The van der Waals surface area contributed by atoms with E-state index >= 15 is 0 Å². The van der Waals surface area contributed by atoms with Gasteiger partial charge in [0.2, 0.25) is 15.9 Å². The molecule has 2 unspecified atom stereocenters. The Morgan fingerprint density at radius 3 is 2.29 bits per heavy atom. The standard InChI is InChI=1S/C21H25FN2O3S/c1-15-6-5-7-16(2)24(15)28(26,27)19-12-10-18(11-13-19)23-21(25)14-17-8-3-4-9-20(17)22/h3-4,8-13,15-16H,5-7,14H2,1-2H3,(H,23,25). The molecule has 0 bridgehead atoms. The van der Waals surface area contributed by atoms with Gasteiger partial charge in [-0.2, -0.15) is 4.31 Å². The molecule has 1 amide bonds. The number of nitrogens with zero attached hydrogens (tertiary/aromatic N) is 1. The summed E-state index contributed by atoms with van der Waals surface area (Å²) in [5.41, 5.74) is 0.785. The molecule has 0 radical (unpaired) electrons. The summed E-state index contributed by atoms with van der Waals surface area (Å²) >= 11 is 0. The van der Waals surface area contributed by atoms with E-state index in [9.17, 15) is 17.6 Å². The van der Waals surface area contributed by atoms with Crippen molar-refractivity contribution in [1.82, 2.24) is 4.31 Å². The third-order valence-corrected chi connectivity index (χ3v) is 7.28. The maximum atomic E-state index is 13.7. The van der Waals surface area contributed by atoms with E-state index in [1.54, 1.807) is 34.6 Å². The Hall–Kier alpha value is -2.25. The average Bonchev–Trinajstić information content (AvgIpc) is 2.64. The summed E-state index contributed by atoms with van der Waals surface area (Å²) in [7, 11) is -3.59. The van der Waals surface area contributed by atoms with Crippen LogP contribution in [0.2, 0.25) is 0 Å². The van der Waals surface area contributed by atoms with E-state index < -0.39 is 15.8 Å². The predicted octanol–water partition coefficient (Wildman–Crippen LogP) is 3.96. The van der Waals surface area contributed by atoms with Crippen LogP contribution in [0.1, 0.15) is 38.7 Å². The molecule has 2 atom stereocenters. The van der Waals surface area contributed by atoms with Crippen molar-refractivity contribution < 1.29 is 17.6 Å². The number of rotatable bonds is 5. The number of anilines is 1. The van der Waals surface area contributed by atoms with Crippen LogP contribution >= 0.6 is 0 Å². The highest BCUT2D eigenvalue weighted by Crippen LogP contribution is 2.30. The molecule has 1 aliphatic heterocycles. The number of hydrogen-bond donors (Lipinski definition) is 1. The highest BCUT2D eigenvalue weighted by molar-refractivity contribution is 7.89. The minimum absolute atomic E-state index is 0.0334. The molecule has 28 heavy (non-hydrogen) atoms. The van der Waals surface area contributed by atoms with Crippen LogP contribution in [-0.4, -0.2) is 30.7 Å². The van der Waals surface area contributed by atoms with Crippen LogP contribution in [0.15, 0.2) is 53.4 Å². The second-order valence-corrected chi connectivity index (χ2v) is 9.15. The van der Waals surface area contributed by atoms with Crippen molar-refractivity contribution in [3.8, 4) is 0 Å². The summed E-state index contributed by atoms with van der Waals surface area (Å²) in [6.07, 6.45) is 2.65. The summed E-state index contributed by atoms with van der Waals surface area (Å²) in [6.45, 7) is 3.87. The maximum Gasteiger partial charge on any atom is 0.243 e. The Balaban J connectivity index is 1.71. The van der Waals surface area contributed by atoms with Gasteiger partial charge in [-0.15, -0.1) is 0 Å². The van der Waals surface area contributed by atoms with Gasteiger partial charge >= 0.3 is 0 Å². The monoisotopic (exact) mass is 404 g/mol. The highest BCUT2D eigenvalue weighted by Gasteiger charge is 2.35. The lowest BCUT2D eigenvalue weighted by Crippen LogP contribution is -2.47. The molecule has 1 aliphatic rings. The number of sulfonamides is 1. The van der Waals surface area contributed by atoms with Crippen molar-refractivity contribution in [2.24, 2.45) is 0 Å². The van der Waals surface area contributed by atoms with Crippen LogP contribution in [0, 0.1) is 5.82 Å². The van der Waals surface area contributed by atoms with Gasteiger partial charge in [-0.25, -0.2) is 12.8 Å². The van der Waals surface area contributed by atoms with Gasteiger partial charge in [-0.05, 0) is 62.6 Å². The Labute approximate surface area is 165 Å². The van der Waals surface area contributed by atoms with Crippen molar-refractivity contribution in [1.29, 1.82) is 0 Å². The number of halogens is 1. The largest absolute Gasteiger partial charge is 0.326 e. The molecule has 7 heteroatoms. The van der Waals surface area contributed by atoms with Gasteiger partial charge in [0.15, 0.2) is 0 Å². The number of nitrogens with one attached hydrogen (secondary N) is 1. The van der Waals surface area contributed by atoms with Gasteiger partial charge in [-0.3, -0.25) is 4.79 Å². The lowest BCUT2D eigenvalue weighted by atomic mass is 10.0. The van der Waals surface area contributed by atoms with Crippen LogP contribution in [0.25, 0.3) is 0 Å². The zero-order valence-corrected chi connectivity index (χ0v) is 16.9. The van der Waals surface area contributed by atoms with E-state index in [1.807, 2.05) is 13.8 Å². The quantitative estimate of drug-likeness (QED) is 0.820. The van der Waals surface area contributed by atoms with Crippen LogP contribution in [0.4, 0.5) is 10.1 Å². The first kappa shape index (κ1) is 20.5. The van der Waals surface area contributed by atoms with Crippen molar-refractivity contribution in [3.05, 3.63) is 59.9 Å². The Morgan fingerprint density at radius 2 is 1.68 bits per heavy atom. The fourth-order valence-corrected chi connectivity index (χ4v) is 5.61. The molecule has 0 saturated carbocycles. The van der Waals surface area contributed by atoms with Gasteiger partial charge in [0, 0.05) is 17.8 Å². The molecule has 1 saturated heterocycles. The second kappa shape index (κ2) is 8.41. The molecule has 5 nitrogen and oxygen atoms in total. The topological polar surface area (TPSA) is 66.5 Å². The Bertz CT molecular complexity index is 934. The molecule has 2 aromatic rings. The maximum absolute atomic E-state index is 13.7. The van der Waals surface area contributed by atoms with E-state index in [1.165, 1.54) is 18.2 Å². The van der Waals surface area contributed by atoms with Crippen molar-refractivity contribution in [2.75, 3.05) is 5.32 Å². The molecule has 0 aromatic heterocycles. The third kappa shape index (κ3) is 4.42. The highest BCUT2D eigenvalue weighted by atomic mass is 32.2. The van der Waals surface area contributed by atoms with Gasteiger partial charge in [0.1, 0.15) is 5.82 Å². The summed E-state index contributed by atoms with van der Waals surface area (Å²) < 4.78 is 41.3. The fraction of sp³-hybridized carbons (Fsp3) is 0.381. The smallest absolute Gasteiger partial charge is 0.243 e. The van der Waals surface area contributed by atoms with Crippen LogP contribution < -0.4 is 5.32 Å². The molecule has 2 aromatic carbocycles. The molecular formula is C21H25FN2O3S. The predicted molar refractivity (Wildman–Crippen MR) is 107 cm³/mol. The first-order chi connectivity index (χ1) is 13.3. The SMILES string of the molecule is CC1CCCC(C)N1S(=O)(=O)c1ccc(NC(=O)Cc2ccccc2F)cc1. The lowest BCUT2D eigenvalue weighted by Gasteiger charge is -2.37. The van der Waals surface area contributed by atoms with Crippen LogP contribution in [-0.2, 0) is 21.2 Å². The number of piperidine rings is 1. The Kier molecular flexibility index (Phi) is 6.15. The third-order valence-electron chi connectivity index (χ3n) is 5.13. The summed E-state index contributed by atoms with van der Waals surface area (Å²) in [5.74, 6) is -0.789. The number of carbonyl (C=O) groups is 1. The molecule has 1 fully saturated rings. The van der Waals surface area contributed by atoms with E-state index in [-0.39, 0.29) is 29.3 Å². The molecule has 0 spiro atoms. The minimum atomic E-state index is -3.59. The molecular weight excluding hydrogens is 379 g/mol. The summed E-state index contributed by atoms with van der Waals surface area (Å²) in [5, 5.41) is 2.68. The normalized spacial score (nSPS) is 20.7. The molecule has 1 heterocycles. The fourth-order valence-electron chi connectivity index (χ4n) is 3.72. The average molecular weight is 405 g/mol. The van der Waals surface area contributed by atoms with Gasteiger partial charge in [-0.1, -0.05) is 24.6 Å². The molecule has 150 valence electrons. The first-order valence-electron chi connectivity index (χ1n) is 9.46.